The quantitative estimate of drug-likeness (QED) is 0.724. The van der Waals surface area contributed by atoms with Gasteiger partial charge in [-0.15, -0.1) is 6.58 Å². The lowest BCUT2D eigenvalue weighted by atomic mass is 10.1. The second-order valence-corrected chi connectivity index (χ2v) is 4.80. The summed E-state index contributed by atoms with van der Waals surface area (Å²) in [5.41, 5.74) is 1.00. The van der Waals surface area contributed by atoms with Gasteiger partial charge in [0.1, 0.15) is 6.10 Å². The summed E-state index contributed by atoms with van der Waals surface area (Å²) >= 11 is 0. The first kappa shape index (κ1) is 15.4. The normalized spacial score (nSPS) is 13.8. The number of amides is 1. The van der Waals surface area contributed by atoms with Crippen LogP contribution < -0.4 is 9.47 Å². The topological polar surface area (TPSA) is 48.0 Å². The second-order valence-electron chi connectivity index (χ2n) is 4.80. The molecule has 0 saturated heterocycles. The lowest BCUT2D eigenvalue weighted by molar-refractivity contribution is -0.142. The predicted octanol–water partition coefficient (Wildman–Crippen LogP) is 2.35. The van der Waals surface area contributed by atoms with Crippen LogP contribution in [-0.2, 0) is 16.1 Å². The lowest BCUT2D eigenvalue weighted by Crippen LogP contribution is -2.38. The van der Waals surface area contributed by atoms with Gasteiger partial charge in [0.2, 0.25) is 6.79 Å². The van der Waals surface area contributed by atoms with Crippen LogP contribution in [0.3, 0.4) is 0 Å². The van der Waals surface area contributed by atoms with E-state index >= 15 is 0 Å². The highest BCUT2D eigenvalue weighted by atomic mass is 16.7. The van der Waals surface area contributed by atoms with Gasteiger partial charge >= 0.3 is 0 Å². The van der Waals surface area contributed by atoms with E-state index in [1.54, 1.807) is 17.9 Å². The predicted molar refractivity (Wildman–Crippen MR) is 79.3 cm³/mol. The Morgan fingerprint density at radius 3 is 2.95 bits per heavy atom. The van der Waals surface area contributed by atoms with Gasteiger partial charge in [0.25, 0.3) is 5.91 Å². The first-order valence-electron chi connectivity index (χ1n) is 7.05. The standard InChI is InChI=1S/C16H21NO4/c1-4-8-19-12(3)16(18)17(5-2)10-13-6-7-14-15(9-13)21-11-20-14/h4,6-7,9,12H,1,5,8,10-11H2,2-3H3/t12-/m1/s1. The number of benzene rings is 1. The van der Waals surface area contributed by atoms with Gasteiger partial charge in [0.15, 0.2) is 11.5 Å². The molecule has 1 aromatic carbocycles. The van der Waals surface area contributed by atoms with E-state index in [-0.39, 0.29) is 12.7 Å². The maximum absolute atomic E-state index is 12.3. The summed E-state index contributed by atoms with van der Waals surface area (Å²) in [6.07, 6.45) is 1.16. The molecule has 2 rings (SSSR count). The zero-order chi connectivity index (χ0) is 15.2. The number of fused-ring (bicyclic) bond motifs is 1. The van der Waals surface area contributed by atoms with Crippen LogP contribution in [0.4, 0.5) is 0 Å². The van der Waals surface area contributed by atoms with E-state index in [0.29, 0.717) is 19.7 Å². The second kappa shape index (κ2) is 7.13. The third-order valence-electron chi connectivity index (χ3n) is 3.32. The largest absolute Gasteiger partial charge is 0.454 e. The highest BCUT2D eigenvalue weighted by molar-refractivity contribution is 5.80. The van der Waals surface area contributed by atoms with Gasteiger partial charge in [-0.3, -0.25) is 4.79 Å². The molecule has 1 atom stereocenters. The molecule has 0 N–H and O–H groups in total. The Kier molecular flexibility index (Phi) is 5.22. The minimum atomic E-state index is -0.475. The molecule has 5 nitrogen and oxygen atoms in total. The lowest BCUT2D eigenvalue weighted by Gasteiger charge is -2.24. The summed E-state index contributed by atoms with van der Waals surface area (Å²) < 4.78 is 16.0. The molecule has 5 heteroatoms. The van der Waals surface area contributed by atoms with Crippen molar-refractivity contribution in [1.82, 2.24) is 4.90 Å². The third-order valence-corrected chi connectivity index (χ3v) is 3.32. The average Bonchev–Trinajstić information content (AvgIpc) is 2.97. The summed E-state index contributed by atoms with van der Waals surface area (Å²) in [6, 6.07) is 5.72. The van der Waals surface area contributed by atoms with Crippen molar-refractivity contribution in [2.45, 2.75) is 26.5 Å². The van der Waals surface area contributed by atoms with Crippen molar-refractivity contribution in [3.8, 4) is 11.5 Å². The molecule has 1 aliphatic rings. The van der Waals surface area contributed by atoms with E-state index in [9.17, 15) is 4.79 Å². The van der Waals surface area contributed by atoms with E-state index in [4.69, 9.17) is 14.2 Å². The first-order valence-corrected chi connectivity index (χ1v) is 7.05. The van der Waals surface area contributed by atoms with Crippen LogP contribution in [-0.4, -0.2) is 36.9 Å². The molecule has 0 radical (unpaired) electrons. The Hall–Kier alpha value is -2.01. The van der Waals surface area contributed by atoms with E-state index in [1.165, 1.54) is 0 Å². The van der Waals surface area contributed by atoms with Crippen molar-refractivity contribution in [1.29, 1.82) is 0 Å². The Morgan fingerprint density at radius 1 is 1.48 bits per heavy atom. The van der Waals surface area contributed by atoms with Crippen LogP contribution in [0, 0.1) is 0 Å². The molecule has 0 aliphatic carbocycles. The molecule has 0 aromatic heterocycles. The first-order chi connectivity index (χ1) is 10.2. The minimum Gasteiger partial charge on any atom is -0.454 e. The monoisotopic (exact) mass is 291 g/mol. The Bertz CT molecular complexity index is 515. The molecule has 1 aliphatic heterocycles. The molecular weight excluding hydrogens is 270 g/mol. The Morgan fingerprint density at radius 2 is 2.24 bits per heavy atom. The molecule has 1 aromatic rings. The van der Waals surface area contributed by atoms with Crippen LogP contribution >= 0.6 is 0 Å². The summed E-state index contributed by atoms with van der Waals surface area (Å²) in [5.74, 6) is 1.44. The maximum atomic E-state index is 12.3. The van der Waals surface area contributed by atoms with Gasteiger partial charge in [-0.25, -0.2) is 0 Å². The molecule has 0 spiro atoms. The number of ether oxygens (including phenoxy) is 3. The van der Waals surface area contributed by atoms with Gasteiger partial charge in [0.05, 0.1) is 6.61 Å². The van der Waals surface area contributed by atoms with Gasteiger partial charge in [-0.2, -0.15) is 0 Å². The van der Waals surface area contributed by atoms with E-state index < -0.39 is 6.10 Å². The molecule has 0 bridgehead atoms. The number of rotatable bonds is 7. The number of carbonyl (C=O) groups is 1. The summed E-state index contributed by atoms with van der Waals surface area (Å²) in [6.45, 7) is 9.05. The Labute approximate surface area is 125 Å². The number of likely N-dealkylation sites (N-methyl/N-ethyl adjacent to an activating group) is 1. The molecule has 1 amide bonds. The number of hydrogen-bond donors (Lipinski definition) is 0. The van der Waals surface area contributed by atoms with Crippen molar-refractivity contribution in [3.63, 3.8) is 0 Å². The smallest absolute Gasteiger partial charge is 0.251 e. The molecule has 1 heterocycles. The minimum absolute atomic E-state index is 0.0305. The van der Waals surface area contributed by atoms with Crippen molar-refractivity contribution in [2.75, 3.05) is 19.9 Å². The van der Waals surface area contributed by atoms with Crippen molar-refractivity contribution >= 4 is 5.91 Å². The fourth-order valence-electron chi connectivity index (χ4n) is 2.15. The van der Waals surface area contributed by atoms with Crippen LogP contribution in [0.25, 0.3) is 0 Å². The molecule has 114 valence electrons. The SMILES string of the molecule is C=CCO[C@H](C)C(=O)N(CC)Cc1ccc2c(c1)OCO2. The van der Waals surface area contributed by atoms with E-state index in [0.717, 1.165) is 17.1 Å². The summed E-state index contributed by atoms with van der Waals surface area (Å²) in [5, 5.41) is 0. The van der Waals surface area contributed by atoms with Crippen molar-refractivity contribution in [3.05, 3.63) is 36.4 Å². The van der Waals surface area contributed by atoms with Gasteiger partial charge in [0, 0.05) is 13.1 Å². The molecule has 0 fully saturated rings. The third kappa shape index (κ3) is 3.76. The average molecular weight is 291 g/mol. The van der Waals surface area contributed by atoms with Crippen molar-refractivity contribution < 1.29 is 19.0 Å². The number of nitrogens with zero attached hydrogens (tertiary/aromatic N) is 1. The highest BCUT2D eigenvalue weighted by Gasteiger charge is 2.21. The van der Waals surface area contributed by atoms with Crippen LogP contribution in [0.15, 0.2) is 30.9 Å². The zero-order valence-electron chi connectivity index (χ0n) is 12.5. The number of carbonyl (C=O) groups excluding carboxylic acids is 1. The number of hydrogen-bond acceptors (Lipinski definition) is 4. The molecule has 0 saturated carbocycles. The zero-order valence-corrected chi connectivity index (χ0v) is 12.5. The molecular formula is C16H21NO4. The fraction of sp³-hybridized carbons (Fsp3) is 0.438. The fourth-order valence-corrected chi connectivity index (χ4v) is 2.15. The van der Waals surface area contributed by atoms with Gasteiger partial charge in [-0.1, -0.05) is 12.1 Å². The highest BCUT2D eigenvalue weighted by Crippen LogP contribution is 2.32. The van der Waals surface area contributed by atoms with Crippen LogP contribution in [0.5, 0.6) is 11.5 Å². The van der Waals surface area contributed by atoms with E-state index in [1.807, 2.05) is 25.1 Å². The van der Waals surface area contributed by atoms with Gasteiger partial charge in [-0.05, 0) is 31.5 Å². The summed E-state index contributed by atoms with van der Waals surface area (Å²) in [4.78, 5) is 14.1. The molecule has 21 heavy (non-hydrogen) atoms. The van der Waals surface area contributed by atoms with Crippen LogP contribution in [0.1, 0.15) is 19.4 Å². The molecule has 0 unspecified atom stereocenters. The maximum Gasteiger partial charge on any atom is 0.251 e. The van der Waals surface area contributed by atoms with E-state index in [2.05, 4.69) is 6.58 Å². The Balaban J connectivity index is 2.01. The van der Waals surface area contributed by atoms with Crippen LogP contribution in [0.2, 0.25) is 0 Å². The summed E-state index contributed by atoms with van der Waals surface area (Å²) in [7, 11) is 0. The van der Waals surface area contributed by atoms with Gasteiger partial charge < -0.3 is 19.1 Å². The van der Waals surface area contributed by atoms with Crippen molar-refractivity contribution in [2.24, 2.45) is 0 Å².